The van der Waals surface area contributed by atoms with Gasteiger partial charge in [0.05, 0.1) is 11.2 Å². The van der Waals surface area contributed by atoms with Crippen molar-refractivity contribution in [2.24, 2.45) is 0 Å². The summed E-state index contributed by atoms with van der Waals surface area (Å²) in [5.41, 5.74) is 6.88. The predicted octanol–water partition coefficient (Wildman–Crippen LogP) is 1.19. The monoisotopic (exact) mass is 278 g/mol. The number of amides is 1. The Kier molecular flexibility index (Phi) is 4.30. The number of hydrogen-bond acceptors (Lipinski definition) is 4. The first-order valence-corrected chi connectivity index (χ1v) is 6.84. The van der Waals surface area contributed by atoms with Crippen LogP contribution in [0.1, 0.15) is 28.8 Å². The largest absolute Gasteiger partial charge is 0.398 e. The van der Waals surface area contributed by atoms with E-state index < -0.39 is 5.60 Å². The molecule has 2 rings (SSSR count). The molecule has 0 saturated carbocycles. The van der Waals surface area contributed by atoms with E-state index in [1.54, 1.807) is 18.0 Å². The number of aryl methyl sites for hydroxylation is 1. The number of aliphatic hydroxyl groups is 1. The van der Waals surface area contributed by atoms with Gasteiger partial charge >= 0.3 is 0 Å². The number of benzene rings is 1. The Morgan fingerprint density at radius 1 is 1.45 bits per heavy atom. The van der Waals surface area contributed by atoms with Crippen LogP contribution in [0.3, 0.4) is 0 Å². The Labute approximate surface area is 119 Å². The molecule has 5 nitrogen and oxygen atoms in total. The van der Waals surface area contributed by atoms with E-state index in [0.29, 0.717) is 43.9 Å². The molecule has 1 heterocycles. The molecule has 3 N–H and O–H groups in total. The van der Waals surface area contributed by atoms with Gasteiger partial charge in [-0.3, -0.25) is 4.79 Å². The fraction of sp³-hybridized carbons (Fsp3) is 0.533. The zero-order valence-electron chi connectivity index (χ0n) is 12.1. The van der Waals surface area contributed by atoms with Crippen molar-refractivity contribution in [2.75, 3.05) is 32.5 Å². The maximum Gasteiger partial charge on any atom is 0.256 e. The number of likely N-dealkylation sites (N-methyl/N-ethyl adjacent to an activating group) is 1. The Morgan fingerprint density at radius 2 is 2.10 bits per heavy atom. The third kappa shape index (κ3) is 3.11. The molecule has 110 valence electrons. The zero-order chi connectivity index (χ0) is 14.8. The van der Waals surface area contributed by atoms with Crippen LogP contribution in [0.15, 0.2) is 18.2 Å². The predicted molar refractivity (Wildman–Crippen MR) is 77.6 cm³/mol. The lowest BCUT2D eigenvalue weighted by molar-refractivity contribution is -0.0734. The molecule has 0 spiro atoms. The van der Waals surface area contributed by atoms with E-state index in [0.717, 1.165) is 5.56 Å². The van der Waals surface area contributed by atoms with Gasteiger partial charge in [-0.05, 0) is 18.6 Å². The fourth-order valence-electron chi connectivity index (χ4n) is 2.60. The molecule has 0 bridgehead atoms. The van der Waals surface area contributed by atoms with Crippen molar-refractivity contribution < 1.29 is 14.6 Å². The lowest BCUT2D eigenvalue weighted by atomic mass is 9.93. The minimum atomic E-state index is -0.861. The molecule has 1 aliphatic heterocycles. The SMILES string of the molecule is Cc1cccc(N)c1C(=O)N(C)CC1(O)CCOCC1. The molecule has 20 heavy (non-hydrogen) atoms. The van der Waals surface area contributed by atoms with Crippen LogP contribution in [0.2, 0.25) is 0 Å². The summed E-state index contributed by atoms with van der Waals surface area (Å²) >= 11 is 0. The van der Waals surface area contributed by atoms with Crippen molar-refractivity contribution in [3.05, 3.63) is 29.3 Å². The lowest BCUT2D eigenvalue weighted by Gasteiger charge is -2.35. The van der Waals surface area contributed by atoms with Gasteiger partial charge in [-0.25, -0.2) is 0 Å². The minimum absolute atomic E-state index is 0.152. The molecule has 0 aromatic heterocycles. The minimum Gasteiger partial charge on any atom is -0.398 e. The number of carbonyl (C=O) groups excluding carboxylic acids is 1. The van der Waals surface area contributed by atoms with E-state index in [-0.39, 0.29) is 5.91 Å². The molecule has 1 saturated heterocycles. The van der Waals surface area contributed by atoms with E-state index in [1.165, 1.54) is 0 Å². The molecule has 1 aliphatic rings. The number of nitrogens with two attached hydrogens (primary N) is 1. The van der Waals surface area contributed by atoms with Crippen LogP contribution in [-0.4, -0.2) is 48.3 Å². The van der Waals surface area contributed by atoms with Gasteiger partial charge in [0, 0.05) is 45.3 Å². The Balaban J connectivity index is 2.12. The maximum absolute atomic E-state index is 12.5. The number of rotatable bonds is 3. The number of nitrogen functional groups attached to an aromatic ring is 1. The van der Waals surface area contributed by atoms with Crippen LogP contribution in [0.4, 0.5) is 5.69 Å². The van der Waals surface area contributed by atoms with Crippen molar-refractivity contribution in [1.82, 2.24) is 4.90 Å². The summed E-state index contributed by atoms with van der Waals surface area (Å²) in [6.07, 6.45) is 1.10. The summed E-state index contributed by atoms with van der Waals surface area (Å²) in [5, 5.41) is 10.5. The van der Waals surface area contributed by atoms with Gasteiger partial charge in [0.2, 0.25) is 0 Å². The number of ether oxygens (including phenoxy) is 1. The smallest absolute Gasteiger partial charge is 0.256 e. The topological polar surface area (TPSA) is 75.8 Å². The summed E-state index contributed by atoms with van der Waals surface area (Å²) in [7, 11) is 1.70. The van der Waals surface area contributed by atoms with Gasteiger partial charge in [0.25, 0.3) is 5.91 Å². The zero-order valence-corrected chi connectivity index (χ0v) is 12.1. The molecule has 1 aromatic carbocycles. The van der Waals surface area contributed by atoms with Crippen LogP contribution in [-0.2, 0) is 4.74 Å². The number of carbonyl (C=O) groups is 1. The second-order valence-corrected chi connectivity index (χ2v) is 5.54. The summed E-state index contributed by atoms with van der Waals surface area (Å²) in [4.78, 5) is 14.1. The highest BCUT2D eigenvalue weighted by Crippen LogP contribution is 2.24. The highest BCUT2D eigenvalue weighted by molar-refractivity contribution is 6.00. The van der Waals surface area contributed by atoms with Gasteiger partial charge in [0.1, 0.15) is 0 Å². The average Bonchev–Trinajstić information content (AvgIpc) is 2.38. The Bertz CT molecular complexity index is 476. The molecule has 1 amide bonds. The third-order valence-corrected chi connectivity index (χ3v) is 3.82. The average molecular weight is 278 g/mol. The quantitative estimate of drug-likeness (QED) is 0.814. The van der Waals surface area contributed by atoms with Crippen LogP contribution in [0.25, 0.3) is 0 Å². The van der Waals surface area contributed by atoms with E-state index >= 15 is 0 Å². The van der Waals surface area contributed by atoms with Crippen LogP contribution in [0.5, 0.6) is 0 Å². The molecule has 1 aromatic rings. The van der Waals surface area contributed by atoms with Crippen LogP contribution < -0.4 is 5.73 Å². The van der Waals surface area contributed by atoms with Crippen molar-refractivity contribution in [1.29, 1.82) is 0 Å². The summed E-state index contributed by atoms with van der Waals surface area (Å²) in [6.45, 7) is 3.22. The van der Waals surface area contributed by atoms with Crippen molar-refractivity contribution in [3.63, 3.8) is 0 Å². The van der Waals surface area contributed by atoms with Crippen molar-refractivity contribution in [3.8, 4) is 0 Å². The Hall–Kier alpha value is -1.59. The van der Waals surface area contributed by atoms with Crippen molar-refractivity contribution in [2.45, 2.75) is 25.4 Å². The second-order valence-electron chi connectivity index (χ2n) is 5.54. The van der Waals surface area contributed by atoms with E-state index in [1.807, 2.05) is 19.1 Å². The lowest BCUT2D eigenvalue weighted by Crippen LogP contribution is -2.47. The summed E-state index contributed by atoms with van der Waals surface area (Å²) < 4.78 is 5.25. The van der Waals surface area contributed by atoms with Gasteiger partial charge in [-0.2, -0.15) is 0 Å². The van der Waals surface area contributed by atoms with Crippen LogP contribution in [0, 0.1) is 6.92 Å². The first-order chi connectivity index (χ1) is 9.43. The standard InChI is InChI=1S/C15H22N2O3/c1-11-4-3-5-12(16)13(11)14(18)17(2)10-15(19)6-8-20-9-7-15/h3-5,19H,6-10,16H2,1-2H3. The molecular weight excluding hydrogens is 256 g/mol. The highest BCUT2D eigenvalue weighted by atomic mass is 16.5. The van der Waals surface area contributed by atoms with Crippen LogP contribution >= 0.6 is 0 Å². The van der Waals surface area contributed by atoms with Gasteiger partial charge in [0.15, 0.2) is 0 Å². The second kappa shape index (κ2) is 5.81. The first kappa shape index (κ1) is 14.8. The third-order valence-electron chi connectivity index (χ3n) is 3.82. The summed E-state index contributed by atoms with van der Waals surface area (Å²) in [5.74, 6) is -0.152. The Morgan fingerprint density at radius 3 is 2.70 bits per heavy atom. The molecule has 0 atom stereocenters. The number of hydrogen-bond donors (Lipinski definition) is 2. The molecule has 0 radical (unpaired) electrons. The van der Waals surface area contributed by atoms with Crippen molar-refractivity contribution >= 4 is 11.6 Å². The molecule has 1 fully saturated rings. The fourth-order valence-corrected chi connectivity index (χ4v) is 2.60. The molecule has 0 unspecified atom stereocenters. The van der Waals surface area contributed by atoms with E-state index in [2.05, 4.69) is 0 Å². The first-order valence-electron chi connectivity index (χ1n) is 6.84. The maximum atomic E-state index is 12.5. The summed E-state index contributed by atoms with van der Waals surface area (Å²) in [6, 6.07) is 5.41. The normalized spacial score (nSPS) is 17.8. The number of anilines is 1. The van der Waals surface area contributed by atoms with Gasteiger partial charge in [-0.15, -0.1) is 0 Å². The van der Waals surface area contributed by atoms with Gasteiger partial charge in [-0.1, -0.05) is 12.1 Å². The molecule has 0 aliphatic carbocycles. The van der Waals surface area contributed by atoms with E-state index in [9.17, 15) is 9.90 Å². The van der Waals surface area contributed by atoms with E-state index in [4.69, 9.17) is 10.5 Å². The highest BCUT2D eigenvalue weighted by Gasteiger charge is 2.33. The molecule has 5 heteroatoms. The molecular formula is C15H22N2O3. The van der Waals surface area contributed by atoms with Gasteiger partial charge < -0.3 is 20.5 Å². The number of nitrogens with zero attached hydrogens (tertiary/aromatic N) is 1.